The van der Waals surface area contributed by atoms with Crippen LogP contribution in [-0.2, 0) is 16.0 Å². The Hall–Kier alpha value is -2.93. The number of halogens is 1. The van der Waals surface area contributed by atoms with Gasteiger partial charge >= 0.3 is 0 Å². The average molecular weight is 479 g/mol. The lowest BCUT2D eigenvalue weighted by molar-refractivity contribution is -0.122. The van der Waals surface area contributed by atoms with Gasteiger partial charge in [0.2, 0.25) is 0 Å². The molecule has 4 rings (SSSR count). The lowest BCUT2D eigenvalue weighted by Crippen LogP contribution is -2.54. The molecule has 0 atom stereocenters. The first-order valence-corrected chi connectivity index (χ1v) is 11.6. The van der Waals surface area contributed by atoms with E-state index in [0.29, 0.717) is 10.7 Å². The summed E-state index contributed by atoms with van der Waals surface area (Å²) in [6, 6.07) is 22.8. The van der Waals surface area contributed by atoms with Crippen molar-refractivity contribution in [3.8, 4) is 0 Å². The third-order valence-electron chi connectivity index (χ3n) is 4.94. The molecular weight excluding hydrogens is 460 g/mol. The minimum Gasteiger partial charge on any atom is -0.298 e. The Kier molecular flexibility index (Phi) is 6.74. The van der Waals surface area contributed by atoms with E-state index in [1.165, 1.54) is 4.90 Å². The molecule has 1 saturated heterocycles. The number of thiocarbonyl (C=S) groups is 1. The molecule has 0 aromatic heterocycles. The van der Waals surface area contributed by atoms with E-state index in [2.05, 4.69) is 12.2 Å². The second kappa shape index (κ2) is 9.69. The molecule has 3 aromatic carbocycles. The van der Waals surface area contributed by atoms with Gasteiger partial charge < -0.3 is 0 Å². The molecule has 0 saturated carbocycles. The first kappa shape index (κ1) is 22.3. The Bertz CT molecular complexity index is 1200. The number of anilines is 1. The third-order valence-corrected chi connectivity index (χ3v) is 6.50. The number of carbonyl (C=O) groups is 2. The summed E-state index contributed by atoms with van der Waals surface area (Å²) in [5.41, 5.74) is 2.56. The van der Waals surface area contributed by atoms with Crippen LogP contribution in [0.1, 0.15) is 18.1 Å². The van der Waals surface area contributed by atoms with Gasteiger partial charge in [-0.1, -0.05) is 54.6 Å². The van der Waals surface area contributed by atoms with Gasteiger partial charge in [-0.25, -0.2) is 0 Å². The van der Waals surface area contributed by atoms with E-state index >= 15 is 0 Å². The molecule has 3 aromatic rings. The van der Waals surface area contributed by atoms with E-state index in [-0.39, 0.29) is 10.7 Å². The fraction of sp³-hybridized carbons (Fsp3) is 0.0800. The first-order valence-electron chi connectivity index (χ1n) is 9.98. The van der Waals surface area contributed by atoms with Gasteiger partial charge in [-0.3, -0.25) is 19.8 Å². The molecule has 160 valence electrons. The fourth-order valence-corrected chi connectivity index (χ4v) is 4.43. The van der Waals surface area contributed by atoms with Crippen LogP contribution in [0.25, 0.3) is 6.08 Å². The van der Waals surface area contributed by atoms with Crippen molar-refractivity contribution >= 4 is 64.3 Å². The molecule has 0 bridgehead atoms. The van der Waals surface area contributed by atoms with Crippen LogP contribution in [0.2, 0.25) is 5.02 Å². The van der Waals surface area contributed by atoms with Crippen LogP contribution in [0.5, 0.6) is 0 Å². The zero-order valence-electron chi connectivity index (χ0n) is 17.2. The number of nitrogens with zero attached hydrogens (tertiary/aromatic N) is 1. The summed E-state index contributed by atoms with van der Waals surface area (Å²) >= 11 is 12.8. The first-order chi connectivity index (χ1) is 15.4. The SMILES string of the molecule is CCc1ccc(N2C(=O)/C(=C/c3ccc(Sc4ccc(Cl)cc4)cc3)C(=O)NC2=S)cc1. The molecule has 7 heteroatoms. The minimum atomic E-state index is -0.499. The summed E-state index contributed by atoms with van der Waals surface area (Å²) in [7, 11) is 0. The van der Waals surface area contributed by atoms with Crippen LogP contribution in [-0.4, -0.2) is 16.9 Å². The third kappa shape index (κ3) is 4.93. The zero-order valence-corrected chi connectivity index (χ0v) is 19.6. The molecule has 1 fully saturated rings. The van der Waals surface area contributed by atoms with Gasteiger partial charge in [-0.2, -0.15) is 0 Å². The summed E-state index contributed by atoms with van der Waals surface area (Å²) in [4.78, 5) is 29.1. The Morgan fingerprint density at radius 3 is 2.12 bits per heavy atom. The maximum Gasteiger partial charge on any atom is 0.270 e. The molecule has 0 radical (unpaired) electrons. The number of aryl methyl sites for hydroxylation is 1. The highest BCUT2D eigenvalue weighted by atomic mass is 35.5. The molecule has 0 aliphatic carbocycles. The van der Waals surface area contributed by atoms with E-state index in [1.54, 1.807) is 17.8 Å². The Morgan fingerprint density at radius 2 is 1.53 bits per heavy atom. The van der Waals surface area contributed by atoms with Gasteiger partial charge in [-0.15, -0.1) is 0 Å². The molecule has 1 aliphatic heterocycles. The summed E-state index contributed by atoms with van der Waals surface area (Å²) < 4.78 is 0. The van der Waals surface area contributed by atoms with Gasteiger partial charge in [0.05, 0.1) is 5.69 Å². The molecular formula is C25H19ClN2O2S2. The fourth-order valence-electron chi connectivity index (χ4n) is 3.21. The Balaban J connectivity index is 1.56. The molecule has 1 N–H and O–H groups in total. The highest BCUT2D eigenvalue weighted by Crippen LogP contribution is 2.29. The molecule has 0 unspecified atom stereocenters. The number of amides is 2. The van der Waals surface area contributed by atoms with Crippen LogP contribution in [0.3, 0.4) is 0 Å². The molecule has 32 heavy (non-hydrogen) atoms. The second-order valence-electron chi connectivity index (χ2n) is 7.10. The predicted molar refractivity (Wildman–Crippen MR) is 134 cm³/mol. The summed E-state index contributed by atoms with van der Waals surface area (Å²) in [5.74, 6) is -0.941. The van der Waals surface area contributed by atoms with E-state index < -0.39 is 11.8 Å². The molecule has 1 heterocycles. The smallest absolute Gasteiger partial charge is 0.270 e. The lowest BCUT2D eigenvalue weighted by atomic mass is 10.1. The molecule has 1 aliphatic rings. The molecule has 2 amide bonds. The lowest BCUT2D eigenvalue weighted by Gasteiger charge is -2.29. The standard InChI is InChI=1S/C25H19ClN2O2S2/c1-2-16-3-9-19(10-4-16)28-24(30)22(23(29)27-25(28)31)15-17-5-11-20(12-6-17)32-21-13-7-18(26)8-14-21/h3-15H,2H2,1H3,(H,27,29,31)/b22-15+. The maximum atomic E-state index is 13.1. The zero-order chi connectivity index (χ0) is 22.7. The minimum absolute atomic E-state index is 0.0382. The normalized spacial score (nSPS) is 15.2. The number of rotatable bonds is 5. The van der Waals surface area contributed by atoms with Gasteiger partial charge in [0, 0.05) is 14.8 Å². The van der Waals surface area contributed by atoms with Gasteiger partial charge in [0.25, 0.3) is 11.8 Å². The van der Waals surface area contributed by atoms with Crippen LogP contribution >= 0.6 is 35.6 Å². The molecule has 0 spiro atoms. The van der Waals surface area contributed by atoms with Crippen molar-refractivity contribution in [1.29, 1.82) is 0 Å². The van der Waals surface area contributed by atoms with Crippen LogP contribution < -0.4 is 10.2 Å². The predicted octanol–water partition coefficient (Wildman–Crippen LogP) is 5.88. The van der Waals surface area contributed by atoms with Crippen molar-refractivity contribution in [1.82, 2.24) is 5.32 Å². The highest BCUT2D eigenvalue weighted by molar-refractivity contribution is 7.99. The van der Waals surface area contributed by atoms with Crippen molar-refractivity contribution < 1.29 is 9.59 Å². The van der Waals surface area contributed by atoms with Crippen molar-refractivity contribution in [2.45, 2.75) is 23.1 Å². The summed E-state index contributed by atoms with van der Waals surface area (Å²) in [5, 5.41) is 3.40. The Morgan fingerprint density at radius 1 is 0.938 bits per heavy atom. The summed E-state index contributed by atoms with van der Waals surface area (Å²) in [6.07, 6.45) is 2.48. The van der Waals surface area contributed by atoms with Crippen LogP contribution in [0.4, 0.5) is 5.69 Å². The number of benzene rings is 3. The van der Waals surface area contributed by atoms with Crippen molar-refractivity contribution in [3.63, 3.8) is 0 Å². The van der Waals surface area contributed by atoms with Crippen LogP contribution in [0.15, 0.2) is 88.2 Å². The number of carbonyl (C=O) groups excluding carboxylic acids is 2. The largest absolute Gasteiger partial charge is 0.298 e. The van der Waals surface area contributed by atoms with Gasteiger partial charge in [-0.05, 0) is 84.4 Å². The van der Waals surface area contributed by atoms with Crippen molar-refractivity contribution in [2.75, 3.05) is 4.90 Å². The Labute approximate surface area is 201 Å². The second-order valence-corrected chi connectivity index (χ2v) is 9.07. The highest BCUT2D eigenvalue weighted by Gasteiger charge is 2.34. The van der Waals surface area contributed by atoms with Gasteiger partial charge in [0.1, 0.15) is 5.57 Å². The maximum absolute atomic E-state index is 13.1. The number of nitrogens with one attached hydrogen (secondary N) is 1. The average Bonchev–Trinajstić information content (AvgIpc) is 2.79. The van der Waals surface area contributed by atoms with E-state index in [1.807, 2.05) is 72.8 Å². The van der Waals surface area contributed by atoms with Crippen molar-refractivity contribution in [2.24, 2.45) is 0 Å². The monoisotopic (exact) mass is 478 g/mol. The quantitative estimate of drug-likeness (QED) is 0.282. The van der Waals surface area contributed by atoms with Gasteiger partial charge in [0.15, 0.2) is 5.11 Å². The number of hydrogen-bond acceptors (Lipinski definition) is 4. The van der Waals surface area contributed by atoms with Crippen molar-refractivity contribution in [3.05, 3.63) is 94.5 Å². The van der Waals surface area contributed by atoms with E-state index in [9.17, 15) is 9.59 Å². The van der Waals surface area contributed by atoms with Crippen LogP contribution in [0, 0.1) is 0 Å². The number of hydrogen-bond donors (Lipinski definition) is 1. The topological polar surface area (TPSA) is 49.4 Å². The van der Waals surface area contributed by atoms with E-state index in [4.69, 9.17) is 23.8 Å². The summed E-state index contributed by atoms with van der Waals surface area (Å²) in [6.45, 7) is 2.06. The van der Waals surface area contributed by atoms with E-state index in [0.717, 1.165) is 27.3 Å². The molecule has 4 nitrogen and oxygen atoms in total.